The molecule has 0 fully saturated rings. The molecule has 2 aromatic carbocycles. The molecule has 21 heavy (non-hydrogen) atoms. The van der Waals surface area contributed by atoms with Gasteiger partial charge in [0.2, 0.25) is 0 Å². The minimum Gasteiger partial charge on any atom is -0.381 e. The van der Waals surface area contributed by atoms with Gasteiger partial charge in [0.25, 0.3) is 0 Å². The molecule has 0 spiro atoms. The molecule has 1 aromatic heterocycles. The minimum atomic E-state index is -1.02. The van der Waals surface area contributed by atoms with Gasteiger partial charge in [-0.15, -0.1) is 0 Å². The van der Waals surface area contributed by atoms with Crippen molar-refractivity contribution in [2.24, 2.45) is 0 Å². The SMILES string of the molecule is CCc1ccc(C(C)(O)c2cccc3cnccc23)cc1. The molecule has 1 atom stereocenters. The van der Waals surface area contributed by atoms with Crippen LogP contribution in [0.15, 0.2) is 60.9 Å². The maximum atomic E-state index is 11.1. The third kappa shape index (κ3) is 2.43. The van der Waals surface area contributed by atoms with Crippen LogP contribution in [0.25, 0.3) is 10.8 Å². The maximum absolute atomic E-state index is 11.1. The summed E-state index contributed by atoms with van der Waals surface area (Å²) in [6, 6.07) is 16.1. The molecule has 1 N–H and O–H groups in total. The van der Waals surface area contributed by atoms with E-state index in [0.717, 1.165) is 28.3 Å². The quantitative estimate of drug-likeness (QED) is 0.783. The summed E-state index contributed by atoms with van der Waals surface area (Å²) in [6.45, 7) is 3.98. The summed E-state index contributed by atoms with van der Waals surface area (Å²) in [4.78, 5) is 4.15. The first kappa shape index (κ1) is 13.8. The largest absolute Gasteiger partial charge is 0.381 e. The molecular formula is C19H19NO. The monoisotopic (exact) mass is 277 g/mol. The number of rotatable bonds is 3. The van der Waals surface area contributed by atoms with Crippen LogP contribution in [-0.4, -0.2) is 10.1 Å². The highest BCUT2D eigenvalue weighted by molar-refractivity contribution is 5.86. The number of aliphatic hydroxyl groups is 1. The van der Waals surface area contributed by atoms with Crippen molar-refractivity contribution in [1.82, 2.24) is 4.98 Å². The van der Waals surface area contributed by atoms with Crippen LogP contribution in [0.3, 0.4) is 0 Å². The van der Waals surface area contributed by atoms with Crippen molar-refractivity contribution in [1.29, 1.82) is 0 Å². The van der Waals surface area contributed by atoms with E-state index in [1.54, 1.807) is 6.20 Å². The molecule has 0 saturated heterocycles. The fraction of sp³-hybridized carbons (Fsp3) is 0.211. The number of aromatic nitrogens is 1. The number of nitrogens with zero attached hydrogens (tertiary/aromatic N) is 1. The lowest BCUT2D eigenvalue weighted by atomic mass is 9.85. The Kier molecular flexibility index (Phi) is 3.48. The van der Waals surface area contributed by atoms with Crippen molar-refractivity contribution >= 4 is 10.8 Å². The van der Waals surface area contributed by atoms with Gasteiger partial charge in [0, 0.05) is 17.8 Å². The molecule has 0 radical (unpaired) electrons. The van der Waals surface area contributed by atoms with Gasteiger partial charge in [0.15, 0.2) is 0 Å². The molecule has 0 aliphatic carbocycles. The Hall–Kier alpha value is -2.19. The highest BCUT2D eigenvalue weighted by Gasteiger charge is 2.27. The van der Waals surface area contributed by atoms with Crippen LogP contribution in [0.1, 0.15) is 30.5 Å². The summed E-state index contributed by atoms with van der Waals surface area (Å²) in [7, 11) is 0. The third-order valence-electron chi connectivity index (χ3n) is 4.13. The summed E-state index contributed by atoms with van der Waals surface area (Å²) in [5, 5.41) is 13.2. The molecule has 0 aliphatic rings. The molecule has 3 rings (SSSR count). The lowest BCUT2D eigenvalue weighted by Gasteiger charge is -2.26. The lowest BCUT2D eigenvalue weighted by molar-refractivity contribution is 0.104. The number of benzene rings is 2. The molecule has 2 heteroatoms. The van der Waals surface area contributed by atoms with E-state index in [-0.39, 0.29) is 0 Å². The van der Waals surface area contributed by atoms with Crippen molar-refractivity contribution in [3.8, 4) is 0 Å². The van der Waals surface area contributed by atoms with Gasteiger partial charge in [0.05, 0.1) is 0 Å². The first-order chi connectivity index (χ1) is 10.1. The van der Waals surface area contributed by atoms with E-state index in [1.165, 1.54) is 5.56 Å². The van der Waals surface area contributed by atoms with Gasteiger partial charge in [-0.1, -0.05) is 49.4 Å². The normalized spacial score (nSPS) is 14.0. The smallest absolute Gasteiger partial charge is 0.112 e. The van der Waals surface area contributed by atoms with Crippen LogP contribution in [0.4, 0.5) is 0 Å². The summed E-state index contributed by atoms with van der Waals surface area (Å²) < 4.78 is 0. The molecule has 3 aromatic rings. The topological polar surface area (TPSA) is 33.1 Å². The van der Waals surface area contributed by atoms with Crippen molar-refractivity contribution in [3.05, 3.63) is 77.6 Å². The Labute approximate surface area is 125 Å². The standard InChI is InChI=1S/C19H19NO/c1-3-14-7-9-16(10-8-14)19(2,21)18-6-4-5-15-13-20-12-11-17(15)18/h4-13,21H,3H2,1-2H3. The second-order valence-corrected chi connectivity index (χ2v) is 5.53. The van der Waals surface area contributed by atoms with Crippen molar-refractivity contribution in [3.63, 3.8) is 0 Å². The average molecular weight is 277 g/mol. The van der Waals surface area contributed by atoms with Crippen LogP contribution in [0.5, 0.6) is 0 Å². The van der Waals surface area contributed by atoms with Gasteiger partial charge in [-0.2, -0.15) is 0 Å². The molecule has 0 amide bonds. The fourth-order valence-corrected chi connectivity index (χ4v) is 2.77. The van der Waals surface area contributed by atoms with E-state index in [4.69, 9.17) is 0 Å². The van der Waals surface area contributed by atoms with Gasteiger partial charge in [0.1, 0.15) is 5.60 Å². The van der Waals surface area contributed by atoms with Crippen LogP contribution >= 0.6 is 0 Å². The summed E-state index contributed by atoms with van der Waals surface area (Å²) in [6.07, 6.45) is 4.60. The molecule has 2 nitrogen and oxygen atoms in total. The number of hydrogen-bond acceptors (Lipinski definition) is 2. The molecule has 106 valence electrons. The van der Waals surface area contributed by atoms with Crippen LogP contribution in [0.2, 0.25) is 0 Å². The number of fused-ring (bicyclic) bond motifs is 1. The lowest BCUT2D eigenvalue weighted by Crippen LogP contribution is -2.23. The Morgan fingerprint density at radius 1 is 1.05 bits per heavy atom. The van der Waals surface area contributed by atoms with E-state index in [0.29, 0.717) is 0 Å². The van der Waals surface area contributed by atoms with E-state index in [9.17, 15) is 5.11 Å². The molecule has 1 unspecified atom stereocenters. The number of pyridine rings is 1. The van der Waals surface area contributed by atoms with Crippen molar-refractivity contribution < 1.29 is 5.11 Å². The Bertz CT molecular complexity index is 755. The molecule has 0 bridgehead atoms. The first-order valence-electron chi connectivity index (χ1n) is 7.28. The molecule has 0 saturated carbocycles. The molecule has 1 heterocycles. The highest BCUT2D eigenvalue weighted by Crippen LogP contribution is 2.33. The van der Waals surface area contributed by atoms with Crippen LogP contribution in [0, 0.1) is 0 Å². The van der Waals surface area contributed by atoms with E-state index >= 15 is 0 Å². The Morgan fingerprint density at radius 2 is 1.81 bits per heavy atom. The van der Waals surface area contributed by atoms with Gasteiger partial charge < -0.3 is 5.11 Å². The van der Waals surface area contributed by atoms with E-state index in [2.05, 4.69) is 24.0 Å². The zero-order valence-electron chi connectivity index (χ0n) is 12.4. The highest BCUT2D eigenvalue weighted by atomic mass is 16.3. The van der Waals surface area contributed by atoms with Crippen LogP contribution in [-0.2, 0) is 12.0 Å². The second-order valence-electron chi connectivity index (χ2n) is 5.53. The van der Waals surface area contributed by atoms with Gasteiger partial charge in [-0.25, -0.2) is 0 Å². The zero-order valence-corrected chi connectivity index (χ0v) is 12.4. The maximum Gasteiger partial charge on any atom is 0.112 e. The fourth-order valence-electron chi connectivity index (χ4n) is 2.77. The summed E-state index contributed by atoms with van der Waals surface area (Å²) in [5.74, 6) is 0. The minimum absolute atomic E-state index is 0.906. The van der Waals surface area contributed by atoms with E-state index in [1.807, 2.05) is 49.5 Å². The van der Waals surface area contributed by atoms with Crippen LogP contribution < -0.4 is 0 Å². The second kappa shape index (κ2) is 5.30. The summed E-state index contributed by atoms with van der Waals surface area (Å²) in [5.41, 5.74) is 2.07. The van der Waals surface area contributed by atoms with Gasteiger partial charge in [-0.3, -0.25) is 4.98 Å². The number of hydrogen-bond donors (Lipinski definition) is 1. The Morgan fingerprint density at radius 3 is 2.52 bits per heavy atom. The first-order valence-corrected chi connectivity index (χ1v) is 7.28. The molecular weight excluding hydrogens is 258 g/mol. The Balaban J connectivity index is 2.14. The third-order valence-corrected chi connectivity index (χ3v) is 4.13. The van der Waals surface area contributed by atoms with Crippen molar-refractivity contribution in [2.45, 2.75) is 25.9 Å². The van der Waals surface area contributed by atoms with Gasteiger partial charge in [-0.05, 0) is 41.5 Å². The van der Waals surface area contributed by atoms with E-state index < -0.39 is 5.60 Å². The van der Waals surface area contributed by atoms with Gasteiger partial charge >= 0.3 is 0 Å². The predicted molar refractivity (Wildman–Crippen MR) is 86.2 cm³/mol. The average Bonchev–Trinajstić information content (AvgIpc) is 2.54. The predicted octanol–water partition coefficient (Wildman–Crippen LogP) is 4.05. The number of aryl methyl sites for hydroxylation is 1. The molecule has 0 aliphatic heterocycles. The summed E-state index contributed by atoms with van der Waals surface area (Å²) >= 11 is 0. The van der Waals surface area contributed by atoms with Crippen molar-refractivity contribution in [2.75, 3.05) is 0 Å². The zero-order chi connectivity index (χ0) is 14.9.